The third kappa shape index (κ3) is 3.85. The number of H-pyrrole nitrogens is 1. The lowest BCUT2D eigenvalue weighted by molar-refractivity contribution is -0.122. The van der Waals surface area contributed by atoms with E-state index in [-0.39, 0.29) is 5.91 Å². The van der Waals surface area contributed by atoms with Crippen LogP contribution < -0.4 is 10.1 Å². The molecule has 1 aromatic heterocycles. The lowest BCUT2D eigenvalue weighted by Gasteiger charge is -2.26. The molecule has 3 aromatic rings. The largest absolute Gasteiger partial charge is 0.492 e. The molecule has 2 amide bonds. The molecular weight excluding hydrogens is 394 g/mol. The van der Waals surface area contributed by atoms with E-state index in [2.05, 4.69) is 15.2 Å². The maximum atomic E-state index is 12.7. The minimum Gasteiger partial charge on any atom is -0.492 e. The summed E-state index contributed by atoms with van der Waals surface area (Å²) in [5, 5.41) is 3.35. The highest BCUT2D eigenvalue weighted by atomic mass is 16.5. The number of hydrogen-bond donors (Lipinski definition) is 2. The molecule has 0 spiro atoms. The van der Waals surface area contributed by atoms with Crippen molar-refractivity contribution in [3.63, 3.8) is 0 Å². The van der Waals surface area contributed by atoms with E-state index >= 15 is 0 Å². The first-order valence-corrected chi connectivity index (χ1v) is 10.4. The van der Waals surface area contributed by atoms with E-state index in [0.29, 0.717) is 34.6 Å². The molecule has 31 heavy (non-hydrogen) atoms. The van der Waals surface area contributed by atoms with Gasteiger partial charge in [0.15, 0.2) is 0 Å². The van der Waals surface area contributed by atoms with Crippen molar-refractivity contribution in [3.8, 4) is 5.75 Å². The highest BCUT2D eigenvalue weighted by Crippen LogP contribution is 2.35. The smallest absolute Gasteiger partial charge is 0.259 e. The molecule has 158 valence electrons. The van der Waals surface area contributed by atoms with Crippen molar-refractivity contribution in [2.24, 2.45) is 0 Å². The molecule has 7 nitrogen and oxygen atoms in total. The van der Waals surface area contributed by atoms with E-state index in [1.807, 2.05) is 48.5 Å². The zero-order valence-corrected chi connectivity index (χ0v) is 17.0. The van der Waals surface area contributed by atoms with E-state index in [1.165, 1.54) is 0 Å². The van der Waals surface area contributed by atoms with Crippen LogP contribution in [0.5, 0.6) is 5.75 Å². The topological polar surface area (TPSA) is 83.7 Å². The number of fused-ring (bicyclic) bond motifs is 1. The van der Waals surface area contributed by atoms with Crippen LogP contribution in [0.1, 0.15) is 11.1 Å². The Morgan fingerprint density at radius 3 is 2.65 bits per heavy atom. The maximum absolute atomic E-state index is 12.7. The fourth-order valence-corrected chi connectivity index (χ4v) is 4.12. The molecule has 0 atom stereocenters. The Morgan fingerprint density at radius 2 is 1.77 bits per heavy atom. The third-order valence-corrected chi connectivity index (χ3v) is 5.69. The van der Waals surface area contributed by atoms with Crippen molar-refractivity contribution in [3.05, 3.63) is 65.9 Å². The van der Waals surface area contributed by atoms with Gasteiger partial charge in [0.25, 0.3) is 11.8 Å². The Morgan fingerprint density at radius 1 is 0.968 bits per heavy atom. The summed E-state index contributed by atoms with van der Waals surface area (Å²) in [6.45, 7) is 4.69. The number of rotatable bonds is 6. The first-order valence-electron chi connectivity index (χ1n) is 10.4. The molecule has 2 N–H and O–H groups in total. The van der Waals surface area contributed by atoms with E-state index < -0.39 is 5.91 Å². The number of carbonyl (C=O) groups is 2. The number of amides is 2. The molecule has 2 aliphatic heterocycles. The van der Waals surface area contributed by atoms with Crippen LogP contribution in [0.25, 0.3) is 22.0 Å². The zero-order chi connectivity index (χ0) is 21.2. The molecule has 0 radical (unpaired) electrons. The van der Waals surface area contributed by atoms with Crippen LogP contribution in [0.3, 0.4) is 0 Å². The summed E-state index contributed by atoms with van der Waals surface area (Å²) < 4.78 is 11.3. The number of nitrogens with zero attached hydrogens (tertiary/aromatic N) is 1. The Hall–Kier alpha value is -3.42. The summed E-state index contributed by atoms with van der Waals surface area (Å²) >= 11 is 0. The molecule has 0 unspecified atom stereocenters. The molecule has 7 heteroatoms. The molecule has 5 rings (SSSR count). The van der Waals surface area contributed by atoms with Gasteiger partial charge in [-0.3, -0.25) is 19.8 Å². The van der Waals surface area contributed by atoms with Crippen molar-refractivity contribution >= 4 is 33.9 Å². The van der Waals surface area contributed by atoms with Crippen LogP contribution in [-0.4, -0.2) is 61.2 Å². The molecule has 0 saturated carbocycles. The molecular formula is C24H23N3O4. The van der Waals surface area contributed by atoms with Gasteiger partial charge in [-0.25, -0.2) is 0 Å². The SMILES string of the molecule is O=C1NC(=O)C(c2c[nH]c3ccccc23)=C1c1cccc(OCCN2CCOCC2)c1. The summed E-state index contributed by atoms with van der Waals surface area (Å²) in [6, 6.07) is 15.1. The third-order valence-electron chi connectivity index (χ3n) is 5.69. The molecule has 1 fully saturated rings. The number of imide groups is 1. The number of benzene rings is 2. The fraction of sp³-hybridized carbons (Fsp3) is 0.250. The maximum Gasteiger partial charge on any atom is 0.259 e. The summed E-state index contributed by atoms with van der Waals surface area (Å²) in [6.07, 6.45) is 1.78. The normalized spacial score (nSPS) is 17.4. The Bertz CT molecular complexity index is 1170. The minimum atomic E-state index is -0.393. The van der Waals surface area contributed by atoms with Crippen molar-refractivity contribution in [1.82, 2.24) is 15.2 Å². The van der Waals surface area contributed by atoms with Crippen LogP contribution in [0, 0.1) is 0 Å². The average Bonchev–Trinajstić information content (AvgIpc) is 3.34. The summed E-state index contributed by atoms with van der Waals surface area (Å²) in [5.41, 5.74) is 3.04. The molecule has 2 aliphatic rings. The van der Waals surface area contributed by atoms with Crippen molar-refractivity contribution in [2.45, 2.75) is 0 Å². The van der Waals surface area contributed by atoms with Gasteiger partial charge in [-0.15, -0.1) is 0 Å². The van der Waals surface area contributed by atoms with Crippen LogP contribution in [0.4, 0.5) is 0 Å². The number of ether oxygens (including phenoxy) is 2. The van der Waals surface area contributed by atoms with Crippen molar-refractivity contribution in [1.29, 1.82) is 0 Å². The fourth-order valence-electron chi connectivity index (χ4n) is 4.12. The zero-order valence-electron chi connectivity index (χ0n) is 17.0. The number of nitrogens with one attached hydrogen (secondary N) is 2. The summed E-state index contributed by atoms with van der Waals surface area (Å²) in [7, 11) is 0. The van der Waals surface area contributed by atoms with Gasteiger partial charge >= 0.3 is 0 Å². The number of hydrogen-bond acceptors (Lipinski definition) is 5. The highest BCUT2D eigenvalue weighted by Gasteiger charge is 2.33. The molecule has 0 aliphatic carbocycles. The summed E-state index contributed by atoms with van der Waals surface area (Å²) in [5.74, 6) is -0.108. The lowest BCUT2D eigenvalue weighted by Crippen LogP contribution is -2.38. The molecule has 1 saturated heterocycles. The van der Waals surface area contributed by atoms with Gasteiger partial charge < -0.3 is 14.5 Å². The number of carbonyl (C=O) groups excluding carboxylic acids is 2. The average molecular weight is 417 g/mol. The van der Waals surface area contributed by atoms with E-state index in [4.69, 9.17) is 9.47 Å². The minimum absolute atomic E-state index is 0.369. The van der Waals surface area contributed by atoms with Gasteiger partial charge in [-0.2, -0.15) is 0 Å². The predicted molar refractivity (Wildman–Crippen MR) is 117 cm³/mol. The van der Waals surface area contributed by atoms with Crippen molar-refractivity contribution in [2.75, 3.05) is 39.5 Å². The van der Waals surface area contributed by atoms with Gasteiger partial charge in [0.1, 0.15) is 12.4 Å². The van der Waals surface area contributed by atoms with Crippen LogP contribution in [0.2, 0.25) is 0 Å². The second-order valence-corrected chi connectivity index (χ2v) is 7.61. The second kappa shape index (κ2) is 8.37. The molecule has 2 aromatic carbocycles. The Balaban J connectivity index is 1.44. The van der Waals surface area contributed by atoms with E-state index in [0.717, 1.165) is 43.8 Å². The van der Waals surface area contributed by atoms with E-state index in [9.17, 15) is 9.59 Å². The number of aromatic amines is 1. The van der Waals surface area contributed by atoms with Gasteiger partial charge in [0, 0.05) is 42.3 Å². The van der Waals surface area contributed by atoms with Crippen LogP contribution in [-0.2, 0) is 14.3 Å². The number of para-hydroxylation sites is 1. The standard InChI is InChI=1S/C24H23N3O4/c28-23-21(22(24(29)26-23)19-15-25-20-7-2-1-6-18(19)20)16-4-3-5-17(14-16)31-13-10-27-8-11-30-12-9-27/h1-7,14-15,25H,8-13H2,(H,26,28,29). The Labute approximate surface area is 179 Å². The lowest BCUT2D eigenvalue weighted by atomic mass is 9.96. The first kappa shape index (κ1) is 19.5. The van der Waals surface area contributed by atoms with Crippen LogP contribution >= 0.6 is 0 Å². The summed E-state index contributed by atoms with van der Waals surface area (Å²) in [4.78, 5) is 30.9. The molecule has 3 heterocycles. The van der Waals surface area contributed by atoms with Crippen LogP contribution in [0.15, 0.2) is 54.7 Å². The van der Waals surface area contributed by atoms with Gasteiger partial charge in [0.2, 0.25) is 0 Å². The number of morpholine rings is 1. The molecule has 0 bridgehead atoms. The second-order valence-electron chi connectivity index (χ2n) is 7.61. The first-order chi connectivity index (χ1) is 15.2. The Kier molecular flexibility index (Phi) is 5.28. The van der Waals surface area contributed by atoms with Gasteiger partial charge in [-0.05, 0) is 23.8 Å². The van der Waals surface area contributed by atoms with Gasteiger partial charge in [-0.1, -0.05) is 30.3 Å². The quantitative estimate of drug-likeness (QED) is 0.602. The van der Waals surface area contributed by atoms with Crippen molar-refractivity contribution < 1.29 is 19.1 Å². The predicted octanol–water partition coefficient (Wildman–Crippen LogP) is 2.45. The monoisotopic (exact) mass is 417 g/mol. The highest BCUT2D eigenvalue weighted by molar-refractivity contribution is 6.50. The van der Waals surface area contributed by atoms with E-state index in [1.54, 1.807) is 6.20 Å². The number of aromatic nitrogens is 1. The van der Waals surface area contributed by atoms with Gasteiger partial charge in [0.05, 0.1) is 24.4 Å².